The highest BCUT2D eigenvalue weighted by Gasteiger charge is 2.23. The van der Waals surface area contributed by atoms with Crippen molar-refractivity contribution in [3.63, 3.8) is 0 Å². The molecule has 0 saturated carbocycles. The van der Waals surface area contributed by atoms with Crippen molar-refractivity contribution < 1.29 is 8.42 Å². The molecule has 0 radical (unpaired) electrons. The summed E-state index contributed by atoms with van der Waals surface area (Å²) >= 11 is 12.2. The van der Waals surface area contributed by atoms with Gasteiger partial charge in [0.15, 0.2) is 0 Å². The van der Waals surface area contributed by atoms with Crippen LogP contribution in [0, 0.1) is 13.8 Å². The Bertz CT molecular complexity index is 736. The van der Waals surface area contributed by atoms with Gasteiger partial charge in [-0.3, -0.25) is 4.98 Å². The Morgan fingerprint density at radius 2 is 2.00 bits per heavy atom. The number of halogens is 2. The molecule has 1 N–H and O–H groups in total. The van der Waals surface area contributed by atoms with Crippen LogP contribution >= 0.6 is 23.2 Å². The maximum absolute atomic E-state index is 12.5. The van der Waals surface area contributed by atoms with Gasteiger partial charge in [0.1, 0.15) is 4.90 Å². The Hall–Kier alpha value is -1.14. The van der Waals surface area contributed by atoms with Crippen LogP contribution in [-0.2, 0) is 16.6 Å². The third-order valence-electron chi connectivity index (χ3n) is 3.05. The zero-order chi connectivity index (χ0) is 15.6. The van der Waals surface area contributed by atoms with Gasteiger partial charge < -0.3 is 0 Å². The van der Waals surface area contributed by atoms with Crippen molar-refractivity contribution in [1.82, 2.24) is 9.71 Å². The second kappa shape index (κ2) is 6.32. The quantitative estimate of drug-likeness (QED) is 0.923. The van der Waals surface area contributed by atoms with E-state index in [1.165, 1.54) is 0 Å². The van der Waals surface area contributed by atoms with E-state index >= 15 is 0 Å². The first kappa shape index (κ1) is 16.2. The normalized spacial score (nSPS) is 11.6. The van der Waals surface area contributed by atoms with Gasteiger partial charge in [-0.15, -0.1) is 0 Å². The van der Waals surface area contributed by atoms with Crippen LogP contribution in [0.15, 0.2) is 35.5 Å². The fourth-order valence-electron chi connectivity index (χ4n) is 1.89. The molecule has 0 unspecified atom stereocenters. The highest BCUT2D eigenvalue weighted by molar-refractivity contribution is 7.89. The number of sulfonamides is 1. The smallest absolute Gasteiger partial charge is 0.242 e. The molecule has 0 atom stereocenters. The van der Waals surface area contributed by atoms with E-state index in [1.807, 2.05) is 0 Å². The van der Waals surface area contributed by atoms with Gasteiger partial charge in [-0.05, 0) is 42.7 Å². The van der Waals surface area contributed by atoms with Crippen LogP contribution in [0.2, 0.25) is 10.0 Å². The van der Waals surface area contributed by atoms with Gasteiger partial charge in [0.25, 0.3) is 0 Å². The predicted molar refractivity (Wildman–Crippen MR) is 84.2 cm³/mol. The van der Waals surface area contributed by atoms with Crippen LogP contribution in [-0.4, -0.2) is 13.4 Å². The number of hydrogen-bond acceptors (Lipinski definition) is 3. The average molecular weight is 345 g/mol. The van der Waals surface area contributed by atoms with Gasteiger partial charge in [-0.25, -0.2) is 13.1 Å². The number of aromatic nitrogens is 1. The van der Waals surface area contributed by atoms with E-state index in [0.717, 1.165) is 5.56 Å². The Morgan fingerprint density at radius 3 is 2.62 bits per heavy atom. The molecule has 0 aliphatic carbocycles. The zero-order valence-electron chi connectivity index (χ0n) is 11.5. The Labute approximate surface area is 134 Å². The molecule has 112 valence electrons. The van der Waals surface area contributed by atoms with E-state index in [2.05, 4.69) is 9.71 Å². The van der Waals surface area contributed by atoms with Crippen LogP contribution in [0.1, 0.15) is 16.7 Å². The monoisotopic (exact) mass is 344 g/mol. The first-order valence-electron chi connectivity index (χ1n) is 6.16. The average Bonchev–Trinajstić information content (AvgIpc) is 2.44. The summed E-state index contributed by atoms with van der Waals surface area (Å²) in [6.45, 7) is 3.48. The third-order valence-corrected chi connectivity index (χ3v) is 5.61. The number of hydrogen-bond donors (Lipinski definition) is 1. The van der Waals surface area contributed by atoms with E-state index in [9.17, 15) is 8.42 Å². The molecule has 0 aliphatic heterocycles. The van der Waals surface area contributed by atoms with E-state index in [1.54, 1.807) is 44.4 Å². The molecule has 0 bridgehead atoms. The molecule has 1 aromatic heterocycles. The SMILES string of the molecule is Cc1cc(Cl)c(C)c(S(=O)(=O)NCc2cccnc2)c1Cl. The molecular formula is C14H14Cl2N2O2S. The van der Waals surface area contributed by atoms with Crippen molar-refractivity contribution >= 4 is 33.2 Å². The van der Waals surface area contributed by atoms with E-state index < -0.39 is 10.0 Å². The lowest BCUT2D eigenvalue weighted by atomic mass is 10.2. The molecule has 0 spiro atoms. The summed E-state index contributed by atoms with van der Waals surface area (Å²) in [7, 11) is -3.76. The number of aryl methyl sites for hydroxylation is 1. The lowest BCUT2D eigenvalue weighted by molar-refractivity contribution is 0.580. The molecule has 2 rings (SSSR count). The Kier molecular flexibility index (Phi) is 4.88. The number of benzene rings is 1. The van der Waals surface area contributed by atoms with Gasteiger partial charge in [-0.2, -0.15) is 0 Å². The van der Waals surface area contributed by atoms with Gasteiger partial charge >= 0.3 is 0 Å². The lowest BCUT2D eigenvalue weighted by Crippen LogP contribution is -2.24. The zero-order valence-corrected chi connectivity index (χ0v) is 13.9. The van der Waals surface area contributed by atoms with Crippen molar-refractivity contribution in [2.24, 2.45) is 0 Å². The summed E-state index contributed by atoms with van der Waals surface area (Å²) in [4.78, 5) is 3.97. The molecule has 2 aromatic rings. The molecule has 0 fully saturated rings. The van der Waals surface area contributed by atoms with Crippen LogP contribution < -0.4 is 4.72 Å². The second-order valence-corrected chi connectivity index (χ2v) is 7.12. The first-order valence-corrected chi connectivity index (χ1v) is 8.40. The second-order valence-electron chi connectivity index (χ2n) is 4.63. The molecule has 7 heteroatoms. The van der Waals surface area contributed by atoms with Gasteiger partial charge in [-0.1, -0.05) is 29.3 Å². The molecule has 1 aromatic carbocycles. The molecule has 1 heterocycles. The minimum Gasteiger partial charge on any atom is -0.264 e. The van der Waals surface area contributed by atoms with E-state index in [0.29, 0.717) is 16.1 Å². The maximum atomic E-state index is 12.5. The Morgan fingerprint density at radius 1 is 1.29 bits per heavy atom. The fraction of sp³-hybridized carbons (Fsp3) is 0.214. The largest absolute Gasteiger partial charge is 0.264 e. The minimum absolute atomic E-state index is 0.0260. The number of pyridine rings is 1. The molecule has 4 nitrogen and oxygen atoms in total. The summed E-state index contributed by atoms with van der Waals surface area (Å²) in [5.74, 6) is 0. The molecule has 21 heavy (non-hydrogen) atoms. The summed E-state index contributed by atoms with van der Waals surface area (Å²) in [6, 6.07) is 5.18. The summed E-state index contributed by atoms with van der Waals surface area (Å²) in [5.41, 5.74) is 1.81. The summed E-state index contributed by atoms with van der Waals surface area (Å²) in [5, 5.41) is 0.564. The first-order chi connectivity index (χ1) is 9.83. The number of rotatable bonds is 4. The highest BCUT2D eigenvalue weighted by atomic mass is 35.5. The lowest BCUT2D eigenvalue weighted by Gasteiger charge is -2.14. The van der Waals surface area contributed by atoms with Crippen LogP contribution in [0.3, 0.4) is 0 Å². The van der Waals surface area contributed by atoms with Crippen molar-refractivity contribution in [2.45, 2.75) is 25.3 Å². The maximum Gasteiger partial charge on any atom is 0.242 e. The van der Waals surface area contributed by atoms with Crippen molar-refractivity contribution in [2.75, 3.05) is 0 Å². The van der Waals surface area contributed by atoms with Crippen LogP contribution in [0.25, 0.3) is 0 Å². The predicted octanol–water partition coefficient (Wildman–Crippen LogP) is 3.48. The van der Waals surface area contributed by atoms with Gasteiger partial charge in [0.05, 0.1) is 5.02 Å². The molecule has 0 saturated heterocycles. The molecule has 0 amide bonds. The standard InChI is InChI=1S/C14H14Cl2N2O2S/c1-9-6-12(15)10(2)14(13(9)16)21(19,20)18-8-11-4-3-5-17-7-11/h3-7,18H,8H2,1-2H3. The third kappa shape index (κ3) is 3.55. The highest BCUT2D eigenvalue weighted by Crippen LogP contribution is 2.33. The van der Waals surface area contributed by atoms with Crippen LogP contribution in [0.5, 0.6) is 0 Å². The van der Waals surface area contributed by atoms with E-state index in [-0.39, 0.29) is 16.5 Å². The van der Waals surface area contributed by atoms with Gasteiger partial charge in [0, 0.05) is 24.0 Å². The van der Waals surface area contributed by atoms with Crippen molar-refractivity contribution in [3.05, 3.63) is 57.3 Å². The molecular weight excluding hydrogens is 331 g/mol. The minimum atomic E-state index is -3.76. The van der Waals surface area contributed by atoms with Crippen molar-refractivity contribution in [3.8, 4) is 0 Å². The Balaban J connectivity index is 2.37. The molecule has 0 aliphatic rings. The summed E-state index contributed by atoms with van der Waals surface area (Å²) in [6.07, 6.45) is 3.22. The van der Waals surface area contributed by atoms with Crippen molar-refractivity contribution in [1.29, 1.82) is 0 Å². The van der Waals surface area contributed by atoms with Gasteiger partial charge in [0.2, 0.25) is 10.0 Å². The summed E-state index contributed by atoms with van der Waals surface area (Å²) < 4.78 is 27.5. The van der Waals surface area contributed by atoms with E-state index in [4.69, 9.17) is 23.2 Å². The number of nitrogens with zero attached hydrogens (tertiary/aromatic N) is 1. The number of nitrogens with one attached hydrogen (secondary N) is 1. The topological polar surface area (TPSA) is 59.1 Å². The fourth-order valence-corrected chi connectivity index (χ4v) is 4.11. The van der Waals surface area contributed by atoms with Crippen LogP contribution in [0.4, 0.5) is 0 Å².